The highest BCUT2D eigenvalue weighted by atomic mass is 79.9. The lowest BCUT2D eigenvalue weighted by Crippen LogP contribution is -2.57. The second kappa shape index (κ2) is 15.7. The average molecular weight is 703 g/mol. The van der Waals surface area contributed by atoms with Crippen molar-refractivity contribution in [2.45, 2.75) is 94.4 Å². The van der Waals surface area contributed by atoms with Gasteiger partial charge in [0, 0.05) is 36.6 Å². The fourth-order valence-electron chi connectivity index (χ4n) is 7.16. The highest BCUT2D eigenvalue weighted by Crippen LogP contribution is 2.60. The van der Waals surface area contributed by atoms with Crippen molar-refractivity contribution in [3.8, 4) is 0 Å². The third-order valence-electron chi connectivity index (χ3n) is 9.32. The minimum atomic E-state index is -1.22. The summed E-state index contributed by atoms with van der Waals surface area (Å²) in [6, 6.07) is 4.96. The molecule has 3 aliphatic rings. The number of nitrogens with one attached hydrogen (secondary N) is 1. The van der Waals surface area contributed by atoms with E-state index in [2.05, 4.69) is 34.4 Å². The summed E-state index contributed by atoms with van der Waals surface area (Å²) in [4.78, 5) is 58.1. The van der Waals surface area contributed by atoms with Crippen LogP contribution in [0.25, 0.3) is 0 Å². The van der Waals surface area contributed by atoms with Crippen LogP contribution >= 0.6 is 15.9 Å². The van der Waals surface area contributed by atoms with Crippen LogP contribution < -0.4 is 10.2 Å². The molecule has 1 aromatic carbocycles. The lowest BCUT2D eigenvalue weighted by molar-refractivity contribution is -0.159. The summed E-state index contributed by atoms with van der Waals surface area (Å²) in [7, 11) is 0. The molecule has 3 amide bonds. The van der Waals surface area contributed by atoms with Crippen LogP contribution in [0.15, 0.2) is 43.5 Å². The normalized spacial score (nSPS) is 26.8. The van der Waals surface area contributed by atoms with E-state index in [9.17, 15) is 24.3 Å². The van der Waals surface area contributed by atoms with Gasteiger partial charge in [0.1, 0.15) is 17.7 Å². The number of aryl methyl sites for hydroxylation is 2. The van der Waals surface area contributed by atoms with E-state index in [-0.39, 0.29) is 42.2 Å². The molecule has 3 saturated heterocycles. The number of hydrogen-bond donors (Lipinski definition) is 2. The number of esters is 1. The van der Waals surface area contributed by atoms with Crippen molar-refractivity contribution < 1.29 is 33.8 Å². The van der Waals surface area contributed by atoms with Gasteiger partial charge in [-0.3, -0.25) is 19.2 Å². The molecule has 3 heterocycles. The summed E-state index contributed by atoms with van der Waals surface area (Å²) in [5.74, 6) is -3.09. The molecule has 46 heavy (non-hydrogen) atoms. The zero-order valence-electron chi connectivity index (χ0n) is 27.2. The van der Waals surface area contributed by atoms with Crippen LogP contribution in [-0.4, -0.2) is 88.6 Å². The lowest BCUT2D eigenvalue weighted by atomic mass is 9.70. The molecule has 2 bridgehead atoms. The van der Waals surface area contributed by atoms with Gasteiger partial charge >= 0.3 is 5.97 Å². The number of amides is 3. The zero-order valence-corrected chi connectivity index (χ0v) is 28.8. The predicted octanol–water partition coefficient (Wildman–Crippen LogP) is 4.14. The number of anilines is 1. The van der Waals surface area contributed by atoms with E-state index < -0.39 is 41.7 Å². The minimum absolute atomic E-state index is 0.101. The summed E-state index contributed by atoms with van der Waals surface area (Å²) in [6.45, 7) is 13.9. The monoisotopic (exact) mass is 701 g/mol. The highest BCUT2D eigenvalue weighted by molar-refractivity contribution is 9.09. The third kappa shape index (κ3) is 7.26. The molecule has 3 fully saturated rings. The Kier molecular flexibility index (Phi) is 12.2. The topological polar surface area (TPSA) is 125 Å². The van der Waals surface area contributed by atoms with Gasteiger partial charge in [-0.25, -0.2) is 0 Å². The number of carbonyl (C=O) groups is 4. The van der Waals surface area contributed by atoms with Crippen molar-refractivity contribution >= 4 is 45.3 Å². The van der Waals surface area contributed by atoms with Crippen LogP contribution in [0.1, 0.15) is 63.0 Å². The number of likely N-dealkylation sites (tertiary alicyclic amines) is 1. The molecule has 0 aromatic heterocycles. The Hall–Kier alpha value is -3.02. The highest BCUT2D eigenvalue weighted by Gasteiger charge is 2.77. The Morgan fingerprint density at radius 3 is 2.65 bits per heavy atom. The average Bonchev–Trinajstić information content (AvgIpc) is 3.61. The molecule has 4 rings (SSSR count). The van der Waals surface area contributed by atoms with Crippen LogP contribution in [0.2, 0.25) is 0 Å². The van der Waals surface area contributed by atoms with E-state index in [0.29, 0.717) is 38.6 Å². The largest absolute Gasteiger partial charge is 0.460 e. The molecule has 10 nitrogen and oxygen atoms in total. The van der Waals surface area contributed by atoms with E-state index in [1.807, 2.05) is 32.0 Å². The molecule has 11 heteroatoms. The van der Waals surface area contributed by atoms with E-state index in [1.165, 1.54) is 0 Å². The van der Waals surface area contributed by atoms with Crippen molar-refractivity contribution in [3.05, 3.63) is 54.6 Å². The number of nitrogens with zero attached hydrogens (tertiary/aromatic N) is 2. The maximum atomic E-state index is 14.8. The first-order valence-electron chi connectivity index (χ1n) is 16.3. The van der Waals surface area contributed by atoms with Gasteiger partial charge in [0.2, 0.25) is 11.8 Å². The zero-order chi connectivity index (χ0) is 33.6. The number of halogens is 1. The number of benzene rings is 1. The molecule has 0 aliphatic carbocycles. The van der Waals surface area contributed by atoms with E-state index in [0.717, 1.165) is 29.7 Å². The molecule has 0 radical (unpaired) electrons. The SMILES string of the molecule is C=CCCC(=O)NC[C@@H](C)OC(=O)[C@H]1[C@@H]2O[C@@]3(CC2Br)[C@@H]1C(=O)N(CCCCCCO)[C@@H]3C(=O)N(CC=C)c1cc(C)ccc1C. The molecular weight excluding hydrogens is 654 g/mol. The summed E-state index contributed by atoms with van der Waals surface area (Å²) >= 11 is 3.71. The first kappa shape index (κ1) is 35.8. The van der Waals surface area contributed by atoms with E-state index in [4.69, 9.17) is 9.47 Å². The first-order valence-corrected chi connectivity index (χ1v) is 17.2. The van der Waals surface area contributed by atoms with Crippen LogP contribution in [-0.2, 0) is 28.7 Å². The lowest BCUT2D eigenvalue weighted by Gasteiger charge is -2.37. The van der Waals surface area contributed by atoms with Gasteiger partial charge in [-0.1, -0.05) is 53.1 Å². The fraction of sp³-hybridized carbons (Fsp3) is 0.600. The molecule has 1 aromatic rings. The van der Waals surface area contributed by atoms with Gasteiger partial charge in [0.05, 0.1) is 24.5 Å². The quantitative estimate of drug-likeness (QED) is 0.108. The molecule has 7 atom stereocenters. The second-order valence-corrected chi connectivity index (χ2v) is 13.9. The summed E-state index contributed by atoms with van der Waals surface area (Å²) in [5, 5.41) is 12.0. The van der Waals surface area contributed by atoms with Gasteiger partial charge in [-0.15, -0.1) is 13.2 Å². The van der Waals surface area contributed by atoms with Gasteiger partial charge in [-0.05, 0) is 63.6 Å². The van der Waals surface area contributed by atoms with Crippen LogP contribution in [0, 0.1) is 25.7 Å². The summed E-state index contributed by atoms with van der Waals surface area (Å²) in [5.41, 5.74) is 1.43. The maximum Gasteiger partial charge on any atom is 0.312 e. The smallest absolute Gasteiger partial charge is 0.312 e. The van der Waals surface area contributed by atoms with Crippen LogP contribution in [0.4, 0.5) is 5.69 Å². The Labute approximate surface area is 280 Å². The molecule has 1 spiro atoms. The number of aliphatic hydroxyl groups excluding tert-OH is 1. The van der Waals surface area contributed by atoms with Gasteiger partial charge in [-0.2, -0.15) is 0 Å². The van der Waals surface area contributed by atoms with Crippen molar-refractivity contribution in [3.63, 3.8) is 0 Å². The Morgan fingerprint density at radius 1 is 1.22 bits per heavy atom. The van der Waals surface area contributed by atoms with Crippen LogP contribution in [0.3, 0.4) is 0 Å². The second-order valence-electron chi connectivity index (χ2n) is 12.7. The summed E-state index contributed by atoms with van der Waals surface area (Å²) < 4.78 is 12.5. The minimum Gasteiger partial charge on any atom is -0.460 e. The fourth-order valence-corrected chi connectivity index (χ4v) is 8.10. The van der Waals surface area contributed by atoms with Crippen molar-refractivity contribution in [2.24, 2.45) is 11.8 Å². The van der Waals surface area contributed by atoms with E-state index in [1.54, 1.807) is 28.9 Å². The number of unbranched alkanes of at least 4 members (excludes halogenated alkanes) is 3. The molecule has 252 valence electrons. The van der Waals surface area contributed by atoms with Crippen molar-refractivity contribution in [2.75, 3.05) is 31.1 Å². The number of hydrogen-bond acceptors (Lipinski definition) is 7. The number of carbonyl (C=O) groups excluding carboxylic acids is 4. The predicted molar refractivity (Wildman–Crippen MR) is 179 cm³/mol. The third-order valence-corrected chi connectivity index (χ3v) is 10.2. The molecule has 0 saturated carbocycles. The number of fused-ring (bicyclic) bond motifs is 1. The van der Waals surface area contributed by atoms with Gasteiger partial charge in [0.15, 0.2) is 0 Å². The summed E-state index contributed by atoms with van der Waals surface area (Å²) in [6.07, 6.45) is 6.17. The van der Waals surface area contributed by atoms with E-state index >= 15 is 0 Å². The molecule has 3 aliphatic heterocycles. The molecule has 2 N–H and O–H groups in total. The Bertz CT molecular complexity index is 1320. The first-order chi connectivity index (χ1) is 22.0. The molecular formula is C35H48BrN3O7. The number of ether oxygens (including phenoxy) is 2. The number of allylic oxidation sites excluding steroid dienone is 1. The number of rotatable bonds is 17. The molecule has 1 unspecified atom stereocenters. The van der Waals surface area contributed by atoms with Crippen molar-refractivity contribution in [1.82, 2.24) is 10.2 Å². The van der Waals surface area contributed by atoms with Crippen LogP contribution in [0.5, 0.6) is 0 Å². The van der Waals surface area contributed by atoms with Crippen molar-refractivity contribution in [1.29, 1.82) is 0 Å². The number of alkyl halides is 1. The standard InChI is InChI=1S/C35H48BrN3O7/c1-6-8-13-27(41)37-21-24(5)45-34(44)28-29-32(42)39(17-11-9-10-12-18-40)31(35(29)20-25(36)30(28)46-35)33(43)38(16-7-2)26-19-22(3)14-15-23(26)4/h6-7,14-15,19,24-25,28-31,40H,1-2,8-13,16-18,20-21H2,3-5H3,(H,37,41)/t24-,25?,28-,29+,30-,31-,35+/m1/s1. The number of aliphatic hydroxyl groups is 1. The maximum absolute atomic E-state index is 14.8. The van der Waals surface area contributed by atoms with Gasteiger partial charge < -0.3 is 29.7 Å². The Morgan fingerprint density at radius 2 is 1.96 bits per heavy atom. The van der Waals surface area contributed by atoms with Gasteiger partial charge in [0.25, 0.3) is 5.91 Å². The Balaban J connectivity index is 1.65.